The van der Waals surface area contributed by atoms with Crippen molar-refractivity contribution in [2.45, 2.75) is 49.7 Å². The number of benzene rings is 2. The lowest BCUT2D eigenvalue weighted by molar-refractivity contribution is -0.232. The van der Waals surface area contributed by atoms with E-state index in [4.69, 9.17) is 23.8 Å². The normalized spacial score (nSPS) is 30.1. The first kappa shape index (κ1) is 18.1. The number of aryl methyl sites for hydroxylation is 2. The maximum Gasteiger partial charge on any atom is 0.126 e. The minimum Gasteiger partial charge on any atom is -0.496 e. The van der Waals surface area contributed by atoms with Crippen LogP contribution in [0.5, 0.6) is 5.75 Å². The zero-order chi connectivity index (χ0) is 22.5. The van der Waals surface area contributed by atoms with Crippen LogP contribution in [0.15, 0.2) is 30.3 Å². The van der Waals surface area contributed by atoms with E-state index in [-0.39, 0.29) is 21.9 Å². The van der Waals surface area contributed by atoms with Crippen LogP contribution in [0.2, 0.25) is 5.02 Å². The standard InChI is InChI=1S/C22H25ClO6/c1-28-17-9-16(23)14(7-11-2-3-12-4-5-13(12)6-11)8-15(17)22-21(27)20(26)19(25)18(10-24)29-22/h2-3,6,8-9,18-22,24-27H,4-5,7,10H2,1H3/t18-,19-,20+,21-,22+/m1/s1/i7D2. The van der Waals surface area contributed by atoms with Crippen molar-refractivity contribution in [3.63, 3.8) is 0 Å². The Morgan fingerprint density at radius 2 is 1.86 bits per heavy atom. The van der Waals surface area contributed by atoms with Crippen LogP contribution < -0.4 is 4.74 Å². The van der Waals surface area contributed by atoms with Crippen LogP contribution in [0.25, 0.3) is 0 Å². The van der Waals surface area contributed by atoms with E-state index in [1.807, 2.05) is 12.1 Å². The molecule has 4 N–H and O–H groups in total. The minimum absolute atomic E-state index is 0.137. The molecule has 0 unspecified atom stereocenters. The van der Waals surface area contributed by atoms with Gasteiger partial charge < -0.3 is 29.9 Å². The van der Waals surface area contributed by atoms with E-state index >= 15 is 0 Å². The summed E-state index contributed by atoms with van der Waals surface area (Å²) in [6.45, 7) is -0.569. The molecule has 5 atom stereocenters. The highest BCUT2D eigenvalue weighted by Crippen LogP contribution is 2.40. The summed E-state index contributed by atoms with van der Waals surface area (Å²) < 4.78 is 28.6. The minimum atomic E-state index is -1.95. The van der Waals surface area contributed by atoms with Crippen LogP contribution in [0.4, 0.5) is 0 Å². The second kappa shape index (κ2) is 8.22. The second-order valence-electron chi connectivity index (χ2n) is 7.43. The molecule has 7 heteroatoms. The van der Waals surface area contributed by atoms with Gasteiger partial charge in [-0.1, -0.05) is 29.8 Å². The van der Waals surface area contributed by atoms with Gasteiger partial charge in [-0.25, -0.2) is 0 Å². The quantitative estimate of drug-likeness (QED) is 0.583. The van der Waals surface area contributed by atoms with Crippen molar-refractivity contribution < 1.29 is 32.6 Å². The Morgan fingerprint density at radius 1 is 1.10 bits per heavy atom. The molecule has 0 spiro atoms. The van der Waals surface area contributed by atoms with Crippen molar-refractivity contribution in [3.05, 3.63) is 63.2 Å². The number of fused-ring (bicyclic) bond motifs is 1. The van der Waals surface area contributed by atoms with Crippen LogP contribution >= 0.6 is 11.6 Å². The van der Waals surface area contributed by atoms with Gasteiger partial charge in [0, 0.05) is 13.3 Å². The first-order chi connectivity index (χ1) is 14.7. The lowest BCUT2D eigenvalue weighted by atomic mass is 9.86. The molecule has 1 aliphatic carbocycles. The molecule has 1 heterocycles. The summed E-state index contributed by atoms with van der Waals surface area (Å²) in [5.41, 5.74) is 3.19. The van der Waals surface area contributed by atoms with Crippen molar-refractivity contribution in [1.29, 1.82) is 0 Å². The highest BCUT2D eigenvalue weighted by Gasteiger charge is 2.45. The van der Waals surface area contributed by atoms with Crippen molar-refractivity contribution in [3.8, 4) is 5.75 Å². The Hall–Kier alpha value is -1.67. The summed E-state index contributed by atoms with van der Waals surface area (Å²) >= 11 is 6.43. The van der Waals surface area contributed by atoms with E-state index < -0.39 is 43.5 Å². The maximum absolute atomic E-state index is 10.6. The molecule has 1 fully saturated rings. The number of hydrogen-bond acceptors (Lipinski definition) is 6. The Morgan fingerprint density at radius 3 is 2.48 bits per heavy atom. The lowest BCUT2D eigenvalue weighted by Crippen LogP contribution is -2.55. The molecule has 0 aromatic heterocycles. The third-order valence-electron chi connectivity index (χ3n) is 5.67. The summed E-state index contributed by atoms with van der Waals surface area (Å²) in [6.07, 6.45) is -6.91. The molecule has 0 amide bonds. The highest BCUT2D eigenvalue weighted by molar-refractivity contribution is 6.31. The molecular weight excluding hydrogens is 396 g/mol. The van der Waals surface area contributed by atoms with Gasteiger partial charge >= 0.3 is 0 Å². The van der Waals surface area contributed by atoms with E-state index in [1.165, 1.54) is 24.8 Å². The average Bonchev–Trinajstić information content (AvgIpc) is 2.73. The first-order valence-corrected chi connectivity index (χ1v) is 9.87. The van der Waals surface area contributed by atoms with Crippen LogP contribution in [0.3, 0.4) is 0 Å². The number of ether oxygens (including phenoxy) is 2. The van der Waals surface area contributed by atoms with Gasteiger partial charge in [0.1, 0.15) is 36.3 Å². The number of rotatable bonds is 5. The van der Waals surface area contributed by atoms with Gasteiger partial charge in [-0.3, -0.25) is 0 Å². The zero-order valence-corrected chi connectivity index (χ0v) is 16.6. The smallest absolute Gasteiger partial charge is 0.126 e. The van der Waals surface area contributed by atoms with E-state index in [0.717, 1.165) is 18.4 Å². The van der Waals surface area contributed by atoms with E-state index in [1.54, 1.807) is 6.07 Å². The molecule has 29 heavy (non-hydrogen) atoms. The Kier molecular flexibility index (Phi) is 5.14. The fraction of sp³-hybridized carbons (Fsp3) is 0.455. The summed E-state index contributed by atoms with van der Waals surface area (Å²) in [5.74, 6) is 0.228. The topological polar surface area (TPSA) is 99.4 Å². The van der Waals surface area contributed by atoms with Gasteiger partial charge in [0.15, 0.2) is 0 Å². The number of halogens is 1. The van der Waals surface area contributed by atoms with Crippen molar-refractivity contribution in [2.75, 3.05) is 13.7 Å². The largest absolute Gasteiger partial charge is 0.496 e. The van der Waals surface area contributed by atoms with Crippen molar-refractivity contribution in [2.24, 2.45) is 0 Å². The van der Waals surface area contributed by atoms with Crippen molar-refractivity contribution >= 4 is 11.6 Å². The summed E-state index contributed by atoms with van der Waals surface area (Å²) in [4.78, 5) is 0. The number of aliphatic hydroxyl groups is 4. The van der Waals surface area contributed by atoms with E-state index in [0.29, 0.717) is 5.56 Å². The van der Waals surface area contributed by atoms with E-state index in [9.17, 15) is 20.4 Å². The fourth-order valence-electron chi connectivity index (χ4n) is 3.85. The first-order valence-electron chi connectivity index (χ1n) is 10.5. The van der Waals surface area contributed by atoms with Crippen LogP contribution in [-0.2, 0) is 24.0 Å². The molecule has 6 nitrogen and oxygen atoms in total. The van der Waals surface area contributed by atoms with E-state index in [2.05, 4.69) is 0 Å². The van der Waals surface area contributed by atoms with Crippen LogP contribution in [-0.4, -0.2) is 58.6 Å². The predicted octanol–water partition coefficient (Wildman–Crippen LogP) is 1.55. The predicted molar refractivity (Wildman–Crippen MR) is 107 cm³/mol. The molecular formula is C22H25ClO6. The summed E-state index contributed by atoms with van der Waals surface area (Å²) in [5, 5.41) is 40.4. The molecule has 1 aliphatic heterocycles. The maximum atomic E-state index is 10.6. The Bertz CT molecular complexity index is 983. The molecule has 0 bridgehead atoms. The van der Waals surface area contributed by atoms with Gasteiger partial charge in [-0.2, -0.15) is 0 Å². The van der Waals surface area contributed by atoms with Gasteiger partial charge in [-0.05, 0) is 53.6 Å². The molecule has 2 aliphatic rings. The van der Waals surface area contributed by atoms with Crippen LogP contribution in [0.1, 0.15) is 36.7 Å². The van der Waals surface area contributed by atoms with Gasteiger partial charge in [0.2, 0.25) is 0 Å². The number of methoxy groups -OCH3 is 1. The lowest BCUT2D eigenvalue weighted by Gasteiger charge is -2.40. The molecule has 2 aromatic carbocycles. The molecule has 4 rings (SSSR count). The van der Waals surface area contributed by atoms with Crippen LogP contribution in [0, 0.1) is 0 Å². The van der Waals surface area contributed by atoms with Gasteiger partial charge in [0.25, 0.3) is 0 Å². The third-order valence-corrected chi connectivity index (χ3v) is 5.98. The van der Waals surface area contributed by atoms with Gasteiger partial charge in [0.05, 0.1) is 13.7 Å². The Labute approximate surface area is 177 Å². The fourth-order valence-corrected chi connectivity index (χ4v) is 4.05. The number of hydrogen-bond donors (Lipinski definition) is 4. The molecule has 2 aromatic rings. The highest BCUT2D eigenvalue weighted by atomic mass is 35.5. The van der Waals surface area contributed by atoms with Crippen molar-refractivity contribution in [1.82, 2.24) is 0 Å². The zero-order valence-electron chi connectivity index (χ0n) is 17.9. The molecule has 1 saturated heterocycles. The molecule has 0 saturated carbocycles. The summed E-state index contributed by atoms with van der Waals surface area (Å²) in [7, 11) is 1.39. The second-order valence-corrected chi connectivity index (χ2v) is 7.84. The third kappa shape index (κ3) is 3.77. The number of aliphatic hydroxyl groups excluding tert-OH is 4. The summed E-state index contributed by atoms with van der Waals surface area (Å²) in [6, 6.07) is 8.39. The average molecular weight is 423 g/mol. The molecule has 0 radical (unpaired) electrons. The Balaban J connectivity index is 1.79. The monoisotopic (exact) mass is 422 g/mol. The van der Waals surface area contributed by atoms with Gasteiger partial charge in [-0.15, -0.1) is 0 Å². The molecule has 156 valence electrons. The SMILES string of the molecule is [2H]C([2H])(c1ccc2c(c1)CC2)c1cc([C@@H]2O[C@H](CO)[C@@H](O)[C@H](O)[C@H]2O)c(OC)cc1Cl.